The molecular formula is C11H14N2O3. The van der Waals surface area contributed by atoms with Crippen LogP contribution >= 0.6 is 0 Å². The van der Waals surface area contributed by atoms with Crippen LogP contribution in [0.1, 0.15) is 0 Å². The van der Waals surface area contributed by atoms with Gasteiger partial charge in [0, 0.05) is 25.9 Å². The molecule has 1 N–H and O–H groups in total. The number of rotatable bonds is 5. The third kappa shape index (κ3) is 3.36. The zero-order chi connectivity index (χ0) is 12.0. The summed E-state index contributed by atoms with van der Waals surface area (Å²) >= 11 is 0. The van der Waals surface area contributed by atoms with E-state index in [1.54, 1.807) is 19.4 Å². The van der Waals surface area contributed by atoms with Gasteiger partial charge in [0.25, 0.3) is 5.56 Å². The Morgan fingerprint density at radius 1 is 1.62 bits per heavy atom. The largest absolute Gasteiger partial charge is 0.383 e. The van der Waals surface area contributed by atoms with Crippen LogP contribution in [-0.4, -0.2) is 24.2 Å². The van der Waals surface area contributed by atoms with Crippen molar-refractivity contribution in [3.8, 4) is 0 Å². The zero-order valence-corrected chi connectivity index (χ0v) is 9.10. The summed E-state index contributed by atoms with van der Waals surface area (Å²) < 4.78 is 6.35. The van der Waals surface area contributed by atoms with E-state index < -0.39 is 0 Å². The van der Waals surface area contributed by atoms with Gasteiger partial charge in [0.1, 0.15) is 0 Å². The number of methoxy groups -OCH3 is 1. The van der Waals surface area contributed by atoms with E-state index in [-0.39, 0.29) is 11.5 Å². The van der Waals surface area contributed by atoms with Crippen LogP contribution in [0.3, 0.4) is 0 Å². The molecule has 1 aromatic rings. The van der Waals surface area contributed by atoms with Crippen molar-refractivity contribution in [3.05, 3.63) is 41.3 Å². The van der Waals surface area contributed by atoms with E-state index in [2.05, 4.69) is 11.9 Å². The molecule has 0 aliphatic heterocycles. The van der Waals surface area contributed by atoms with Gasteiger partial charge in [-0.15, -0.1) is 0 Å². The summed E-state index contributed by atoms with van der Waals surface area (Å²) in [4.78, 5) is 22.5. The van der Waals surface area contributed by atoms with Gasteiger partial charge in [0.15, 0.2) is 0 Å². The van der Waals surface area contributed by atoms with Crippen LogP contribution in [0, 0.1) is 0 Å². The van der Waals surface area contributed by atoms with Crippen LogP contribution in [0.4, 0.5) is 5.69 Å². The van der Waals surface area contributed by atoms with E-state index in [1.807, 2.05) is 0 Å². The molecule has 0 bridgehead atoms. The Bertz CT molecular complexity index is 437. The number of pyridine rings is 1. The number of amides is 1. The van der Waals surface area contributed by atoms with Gasteiger partial charge in [0.2, 0.25) is 5.91 Å². The Morgan fingerprint density at radius 3 is 3.00 bits per heavy atom. The van der Waals surface area contributed by atoms with Crippen LogP contribution in [0.5, 0.6) is 0 Å². The number of anilines is 1. The lowest BCUT2D eigenvalue weighted by molar-refractivity contribution is -0.111. The Balaban J connectivity index is 2.84. The fourth-order valence-electron chi connectivity index (χ4n) is 1.16. The molecule has 0 aromatic carbocycles. The molecule has 1 aromatic heterocycles. The first-order valence-electron chi connectivity index (χ1n) is 4.80. The highest BCUT2D eigenvalue weighted by molar-refractivity contribution is 5.98. The summed E-state index contributed by atoms with van der Waals surface area (Å²) in [6.45, 7) is 4.24. The second kappa shape index (κ2) is 5.87. The van der Waals surface area contributed by atoms with Crippen molar-refractivity contribution < 1.29 is 9.53 Å². The molecular weight excluding hydrogens is 208 g/mol. The Hall–Kier alpha value is -1.88. The molecule has 0 saturated carbocycles. The fraction of sp³-hybridized carbons (Fsp3) is 0.273. The van der Waals surface area contributed by atoms with Gasteiger partial charge in [-0.1, -0.05) is 6.58 Å². The molecule has 0 aliphatic carbocycles. The molecule has 0 fully saturated rings. The monoisotopic (exact) mass is 222 g/mol. The normalized spacial score (nSPS) is 9.81. The second-order valence-corrected chi connectivity index (χ2v) is 3.14. The van der Waals surface area contributed by atoms with Crippen molar-refractivity contribution in [2.45, 2.75) is 6.54 Å². The lowest BCUT2D eigenvalue weighted by Gasteiger charge is -2.07. The van der Waals surface area contributed by atoms with Crippen molar-refractivity contribution in [2.75, 3.05) is 19.0 Å². The standard InChI is InChI=1S/C11H14N2O3/c1-3-10(14)12-9-4-5-11(15)13(8-9)6-7-16-2/h3-5,8H,1,6-7H2,2H3,(H,12,14). The lowest BCUT2D eigenvalue weighted by atomic mass is 10.4. The molecule has 5 heteroatoms. The van der Waals surface area contributed by atoms with E-state index in [4.69, 9.17) is 4.74 Å². The van der Waals surface area contributed by atoms with E-state index >= 15 is 0 Å². The fourth-order valence-corrected chi connectivity index (χ4v) is 1.16. The second-order valence-electron chi connectivity index (χ2n) is 3.14. The molecule has 86 valence electrons. The Kier molecular flexibility index (Phi) is 4.47. The summed E-state index contributed by atoms with van der Waals surface area (Å²) in [6, 6.07) is 2.95. The number of aromatic nitrogens is 1. The molecule has 1 amide bonds. The molecule has 0 saturated heterocycles. The number of ether oxygens (including phenoxy) is 1. The molecule has 1 rings (SSSR count). The summed E-state index contributed by atoms with van der Waals surface area (Å²) in [5, 5.41) is 2.58. The Morgan fingerprint density at radius 2 is 2.38 bits per heavy atom. The summed E-state index contributed by atoms with van der Waals surface area (Å²) in [6.07, 6.45) is 2.74. The summed E-state index contributed by atoms with van der Waals surface area (Å²) in [5.41, 5.74) is 0.425. The van der Waals surface area contributed by atoms with E-state index in [9.17, 15) is 9.59 Å². The van der Waals surface area contributed by atoms with Gasteiger partial charge < -0.3 is 14.6 Å². The van der Waals surface area contributed by atoms with Gasteiger partial charge in [0.05, 0.1) is 12.3 Å². The number of hydrogen-bond acceptors (Lipinski definition) is 3. The molecule has 5 nitrogen and oxygen atoms in total. The first kappa shape index (κ1) is 12.2. The maximum Gasteiger partial charge on any atom is 0.250 e. The minimum absolute atomic E-state index is 0.131. The van der Waals surface area contributed by atoms with Crippen molar-refractivity contribution in [2.24, 2.45) is 0 Å². The number of nitrogens with zero attached hydrogens (tertiary/aromatic N) is 1. The minimum Gasteiger partial charge on any atom is -0.383 e. The van der Waals surface area contributed by atoms with Crippen molar-refractivity contribution in [1.82, 2.24) is 4.57 Å². The van der Waals surface area contributed by atoms with Crippen molar-refractivity contribution in [3.63, 3.8) is 0 Å². The first-order valence-corrected chi connectivity index (χ1v) is 4.80. The van der Waals surface area contributed by atoms with Crippen molar-refractivity contribution >= 4 is 11.6 Å². The van der Waals surface area contributed by atoms with Gasteiger partial charge in [-0.2, -0.15) is 0 Å². The van der Waals surface area contributed by atoms with Crippen LogP contribution < -0.4 is 10.9 Å². The van der Waals surface area contributed by atoms with Gasteiger partial charge in [-0.05, 0) is 12.1 Å². The molecule has 1 heterocycles. The predicted octanol–water partition coefficient (Wildman–Crippen LogP) is 0.619. The Labute approximate surface area is 93.3 Å². The van der Waals surface area contributed by atoms with Crippen LogP contribution in [0.2, 0.25) is 0 Å². The number of carbonyl (C=O) groups is 1. The number of carbonyl (C=O) groups excluding carboxylic acids is 1. The maximum absolute atomic E-state index is 11.4. The summed E-state index contributed by atoms with van der Waals surface area (Å²) in [5.74, 6) is -0.308. The SMILES string of the molecule is C=CC(=O)Nc1ccc(=O)n(CCOC)c1. The average Bonchev–Trinajstić information content (AvgIpc) is 2.29. The van der Waals surface area contributed by atoms with Crippen LogP contribution in [-0.2, 0) is 16.1 Å². The molecule has 16 heavy (non-hydrogen) atoms. The smallest absolute Gasteiger partial charge is 0.250 e. The van der Waals surface area contributed by atoms with E-state index in [1.165, 1.54) is 16.7 Å². The third-order valence-electron chi connectivity index (χ3n) is 1.97. The van der Waals surface area contributed by atoms with E-state index in [0.29, 0.717) is 18.8 Å². The molecule has 0 spiro atoms. The lowest BCUT2D eigenvalue weighted by Crippen LogP contribution is -2.21. The topological polar surface area (TPSA) is 60.3 Å². The van der Waals surface area contributed by atoms with Gasteiger partial charge in [-0.3, -0.25) is 9.59 Å². The number of hydrogen-bond donors (Lipinski definition) is 1. The van der Waals surface area contributed by atoms with Crippen LogP contribution in [0.15, 0.2) is 35.8 Å². The number of nitrogens with one attached hydrogen (secondary N) is 1. The van der Waals surface area contributed by atoms with E-state index in [0.717, 1.165) is 0 Å². The summed E-state index contributed by atoms with van der Waals surface area (Å²) in [7, 11) is 1.56. The van der Waals surface area contributed by atoms with Crippen LogP contribution in [0.25, 0.3) is 0 Å². The quantitative estimate of drug-likeness (QED) is 0.743. The molecule has 0 atom stereocenters. The molecule has 0 unspecified atom stereocenters. The van der Waals surface area contributed by atoms with Gasteiger partial charge in [-0.25, -0.2) is 0 Å². The zero-order valence-electron chi connectivity index (χ0n) is 9.10. The average molecular weight is 222 g/mol. The maximum atomic E-state index is 11.4. The highest BCUT2D eigenvalue weighted by atomic mass is 16.5. The molecule has 0 aliphatic rings. The highest BCUT2D eigenvalue weighted by Gasteiger charge is 2.00. The molecule has 0 radical (unpaired) electrons. The van der Waals surface area contributed by atoms with Crippen molar-refractivity contribution in [1.29, 1.82) is 0 Å². The third-order valence-corrected chi connectivity index (χ3v) is 1.97. The first-order chi connectivity index (χ1) is 7.67. The van der Waals surface area contributed by atoms with Gasteiger partial charge >= 0.3 is 0 Å². The predicted molar refractivity (Wildman–Crippen MR) is 61.4 cm³/mol. The minimum atomic E-state index is -0.308. The highest BCUT2D eigenvalue weighted by Crippen LogP contribution is 2.03.